The van der Waals surface area contributed by atoms with E-state index >= 15 is 0 Å². The minimum absolute atomic E-state index is 0.121. The highest BCUT2D eigenvalue weighted by molar-refractivity contribution is 7.92. The fourth-order valence-corrected chi connectivity index (χ4v) is 9.69. The van der Waals surface area contributed by atoms with Crippen LogP contribution in [0.5, 0.6) is 0 Å². The normalized spacial score (nSPS) is 17.5. The molecule has 1 aliphatic heterocycles. The Bertz CT molecular complexity index is 3030. The van der Waals surface area contributed by atoms with E-state index in [1.54, 1.807) is 10.6 Å². The molecule has 10 rings (SSSR count). The van der Waals surface area contributed by atoms with Crippen LogP contribution in [0.4, 0.5) is 24.7 Å². The molecule has 2 aliphatic rings. The number of likely N-dealkylation sites (N-methyl/N-ethyl adjacent to an activating group) is 1. The van der Waals surface area contributed by atoms with E-state index in [9.17, 15) is 21.6 Å². The lowest BCUT2D eigenvalue weighted by Gasteiger charge is -2.22. The minimum Gasteiger partial charge on any atom is -0.380 e. The van der Waals surface area contributed by atoms with Gasteiger partial charge in [0.2, 0.25) is 0 Å². The number of hydrogen-bond donors (Lipinski definition) is 5. The van der Waals surface area contributed by atoms with Crippen LogP contribution in [-0.4, -0.2) is 47.6 Å². The Hall–Kier alpha value is -6.57. The molecular formula is C45H36F3N7O2S. The van der Waals surface area contributed by atoms with Crippen molar-refractivity contribution in [1.29, 1.82) is 0 Å². The minimum atomic E-state index is -4.51. The van der Waals surface area contributed by atoms with Crippen molar-refractivity contribution in [2.75, 3.05) is 23.6 Å². The third-order valence-electron chi connectivity index (χ3n) is 11.3. The Kier molecular flexibility index (Phi) is 8.36. The van der Waals surface area contributed by atoms with E-state index in [0.717, 1.165) is 61.5 Å². The second-order valence-electron chi connectivity index (χ2n) is 14.7. The van der Waals surface area contributed by atoms with E-state index in [1.807, 2.05) is 104 Å². The van der Waals surface area contributed by atoms with Gasteiger partial charge in [0.15, 0.2) is 5.03 Å². The molecule has 3 unspecified atom stereocenters. The van der Waals surface area contributed by atoms with Gasteiger partial charge < -0.3 is 25.2 Å². The summed E-state index contributed by atoms with van der Waals surface area (Å²) in [5.41, 5.74) is 8.08. The van der Waals surface area contributed by atoms with Crippen LogP contribution in [-0.2, 0) is 16.2 Å². The number of aromatic nitrogens is 4. The number of alkyl halides is 3. The number of nitrogens with one attached hydrogen (secondary N) is 5. The van der Waals surface area contributed by atoms with Crippen LogP contribution in [0.15, 0.2) is 139 Å². The molecule has 0 bridgehead atoms. The maximum absolute atomic E-state index is 14.1. The molecule has 13 heteroatoms. The van der Waals surface area contributed by atoms with Gasteiger partial charge in [0.1, 0.15) is 5.82 Å². The quantitative estimate of drug-likeness (QED) is 0.0997. The second-order valence-corrected chi connectivity index (χ2v) is 16.4. The third-order valence-corrected chi connectivity index (χ3v) is 12.5. The molecule has 0 fully saturated rings. The lowest BCUT2D eigenvalue weighted by molar-refractivity contribution is -0.137. The number of aromatic amines is 2. The number of nitrogens with zero attached hydrogens (tertiary/aromatic N) is 2. The van der Waals surface area contributed by atoms with E-state index in [2.05, 4.69) is 36.4 Å². The Labute approximate surface area is 331 Å². The van der Waals surface area contributed by atoms with Crippen molar-refractivity contribution in [3.05, 3.63) is 162 Å². The van der Waals surface area contributed by atoms with Crippen LogP contribution >= 0.6 is 0 Å². The van der Waals surface area contributed by atoms with Gasteiger partial charge in [0, 0.05) is 63.0 Å². The van der Waals surface area contributed by atoms with Crippen LogP contribution in [0.3, 0.4) is 0 Å². The first kappa shape index (κ1) is 35.8. The molecule has 0 spiro atoms. The summed E-state index contributed by atoms with van der Waals surface area (Å²) in [5.74, 6) is -0.0465. The first-order chi connectivity index (χ1) is 28.1. The summed E-state index contributed by atoms with van der Waals surface area (Å²) in [5, 5.41) is 8.45. The van der Waals surface area contributed by atoms with Crippen molar-refractivity contribution in [2.24, 2.45) is 0 Å². The van der Waals surface area contributed by atoms with Crippen LogP contribution in [0.25, 0.3) is 50.1 Å². The van der Waals surface area contributed by atoms with E-state index in [1.165, 1.54) is 24.7 Å². The summed E-state index contributed by atoms with van der Waals surface area (Å²) >= 11 is 0. The topological polar surface area (TPSA) is 120 Å². The van der Waals surface area contributed by atoms with Crippen molar-refractivity contribution in [1.82, 2.24) is 24.8 Å². The fourth-order valence-electron chi connectivity index (χ4n) is 8.71. The molecule has 290 valence electrons. The maximum Gasteiger partial charge on any atom is 0.416 e. The Morgan fingerprint density at radius 3 is 2.31 bits per heavy atom. The zero-order valence-corrected chi connectivity index (χ0v) is 31.8. The first-order valence-corrected chi connectivity index (χ1v) is 20.3. The van der Waals surface area contributed by atoms with Gasteiger partial charge in [0.25, 0.3) is 10.0 Å². The monoisotopic (exact) mass is 795 g/mol. The van der Waals surface area contributed by atoms with Gasteiger partial charge in [-0.25, -0.2) is 4.98 Å². The molecule has 5 N–H and O–H groups in total. The Balaban J connectivity index is 1.08. The van der Waals surface area contributed by atoms with Crippen molar-refractivity contribution in [3.63, 3.8) is 0 Å². The number of H-pyrrole nitrogens is 2. The van der Waals surface area contributed by atoms with Crippen LogP contribution in [0, 0.1) is 0 Å². The molecule has 4 heterocycles. The average Bonchev–Trinajstić information content (AvgIpc) is 4.05. The zero-order chi connectivity index (χ0) is 39.8. The summed E-state index contributed by atoms with van der Waals surface area (Å²) in [4.78, 5) is 11.2. The van der Waals surface area contributed by atoms with Gasteiger partial charge in [-0.15, -0.1) is 0 Å². The van der Waals surface area contributed by atoms with Crippen molar-refractivity contribution in [3.8, 4) is 22.3 Å². The predicted octanol–water partition coefficient (Wildman–Crippen LogP) is 9.76. The summed E-state index contributed by atoms with van der Waals surface area (Å²) < 4.78 is 74.9. The molecule has 0 saturated carbocycles. The number of rotatable bonds is 9. The molecule has 5 aromatic carbocycles. The van der Waals surface area contributed by atoms with Gasteiger partial charge >= 0.3 is 6.18 Å². The van der Waals surface area contributed by atoms with Gasteiger partial charge in [-0.05, 0) is 71.3 Å². The van der Waals surface area contributed by atoms with E-state index in [0.29, 0.717) is 23.2 Å². The lowest BCUT2D eigenvalue weighted by atomic mass is 9.85. The molecule has 0 radical (unpaired) electrons. The lowest BCUT2D eigenvalue weighted by Crippen LogP contribution is -2.32. The van der Waals surface area contributed by atoms with Crippen LogP contribution in [0.1, 0.15) is 39.9 Å². The average molecular weight is 796 g/mol. The van der Waals surface area contributed by atoms with Crippen LogP contribution < -0.4 is 15.4 Å². The highest BCUT2D eigenvalue weighted by Crippen LogP contribution is 2.49. The Morgan fingerprint density at radius 2 is 1.52 bits per heavy atom. The molecule has 1 aliphatic carbocycles. The van der Waals surface area contributed by atoms with Gasteiger partial charge in [-0.2, -0.15) is 21.6 Å². The highest BCUT2D eigenvalue weighted by Gasteiger charge is 2.38. The number of halogens is 3. The summed E-state index contributed by atoms with van der Waals surface area (Å²) in [7, 11) is -2.30. The summed E-state index contributed by atoms with van der Waals surface area (Å²) in [6.07, 6.45) is 2.60. The molecule has 9 nitrogen and oxygen atoms in total. The van der Waals surface area contributed by atoms with Gasteiger partial charge in [-0.3, -0.25) is 4.72 Å². The number of hydrogen-bond acceptors (Lipinski definition) is 5. The smallest absolute Gasteiger partial charge is 0.380 e. The van der Waals surface area contributed by atoms with Gasteiger partial charge in [-0.1, -0.05) is 91.0 Å². The van der Waals surface area contributed by atoms with E-state index in [-0.39, 0.29) is 28.8 Å². The van der Waals surface area contributed by atoms with Crippen molar-refractivity contribution >= 4 is 49.4 Å². The molecule has 8 aromatic rings. The number of sulfonamides is 1. The number of allylic oxidation sites excluding steroid dienone is 1. The zero-order valence-electron chi connectivity index (χ0n) is 31.0. The molecule has 0 saturated heterocycles. The third kappa shape index (κ3) is 5.96. The van der Waals surface area contributed by atoms with Crippen molar-refractivity contribution in [2.45, 2.75) is 29.2 Å². The van der Waals surface area contributed by atoms with E-state index in [4.69, 9.17) is 0 Å². The molecule has 3 aromatic heterocycles. The van der Waals surface area contributed by atoms with Gasteiger partial charge in [0.05, 0.1) is 24.0 Å². The standard InChI is InChI=1S/C45H36F3N7O2S/c1-49-23-37-42(43-40(31-13-4-6-15-34(31)52-43)27-10-8-11-29(21-27)45(46,47)48)33-22-28(17-19-36(33)51-37)41-32-14-5-7-16-35(32)53-44(41)54-58(56,57)39-24-55(25-50-39)38-20-18-26-9-2-3-12-30(26)38/h2-22,24-25,37-38,42,49,51-54H,23H2,1H3. The fraction of sp³-hybridized carbons (Fsp3) is 0.133. The number of anilines is 2. The SMILES string of the molecule is CNCC1Nc2ccc(-c3c(NS(=O)(=O)c4cn(C5C=Cc6ccccc65)cn4)[nH]c4ccccc34)cc2C1c1[nH]c2ccccc2c1-c1cccc(C(F)(F)F)c1. The molecule has 58 heavy (non-hydrogen) atoms. The number of imidazole rings is 1. The predicted molar refractivity (Wildman–Crippen MR) is 222 cm³/mol. The van der Waals surface area contributed by atoms with E-state index < -0.39 is 21.8 Å². The second kappa shape index (κ2) is 13.5. The largest absolute Gasteiger partial charge is 0.416 e. The summed E-state index contributed by atoms with van der Waals surface area (Å²) in [6.45, 7) is 0.555. The van der Waals surface area contributed by atoms with Crippen molar-refractivity contribution < 1.29 is 21.6 Å². The van der Waals surface area contributed by atoms with Crippen LogP contribution in [0.2, 0.25) is 0 Å². The summed E-state index contributed by atoms with van der Waals surface area (Å²) in [6, 6.07) is 34.3. The number of fused-ring (bicyclic) bond motifs is 4. The maximum atomic E-state index is 14.1. The Morgan fingerprint density at radius 1 is 0.793 bits per heavy atom. The molecule has 0 amide bonds. The number of benzene rings is 5. The molecular weight excluding hydrogens is 760 g/mol. The number of para-hydroxylation sites is 2. The molecule has 3 atom stereocenters. The highest BCUT2D eigenvalue weighted by atomic mass is 32.2. The first-order valence-electron chi connectivity index (χ1n) is 18.9.